The molecule has 0 radical (unpaired) electrons. The van der Waals surface area contributed by atoms with Crippen molar-refractivity contribution in [2.24, 2.45) is 5.92 Å². The fourth-order valence-corrected chi connectivity index (χ4v) is 4.09. The molecular formula is C20H33NO. The van der Waals surface area contributed by atoms with Crippen LogP contribution in [0.2, 0.25) is 0 Å². The van der Waals surface area contributed by atoms with Gasteiger partial charge >= 0.3 is 0 Å². The van der Waals surface area contributed by atoms with Gasteiger partial charge in [0.15, 0.2) is 0 Å². The molecule has 0 bridgehead atoms. The van der Waals surface area contributed by atoms with E-state index in [0.717, 1.165) is 5.75 Å². The summed E-state index contributed by atoms with van der Waals surface area (Å²) in [7, 11) is 0. The van der Waals surface area contributed by atoms with E-state index in [1.165, 1.54) is 44.5 Å². The van der Waals surface area contributed by atoms with Crippen molar-refractivity contribution in [2.45, 2.75) is 65.4 Å². The lowest BCUT2D eigenvalue weighted by molar-refractivity contribution is 0.0967. The Morgan fingerprint density at radius 2 is 2.09 bits per heavy atom. The molecule has 1 heterocycles. The Balaban J connectivity index is 2.31. The number of likely N-dealkylation sites (tertiary alicyclic amines) is 1. The van der Waals surface area contributed by atoms with Crippen LogP contribution in [0.1, 0.15) is 59.4 Å². The van der Waals surface area contributed by atoms with Gasteiger partial charge in [-0.25, -0.2) is 0 Å². The molecule has 0 amide bonds. The first-order valence-corrected chi connectivity index (χ1v) is 9.01. The summed E-state index contributed by atoms with van der Waals surface area (Å²) in [5.41, 5.74) is 1.80. The molecule has 1 aromatic carbocycles. The molecular weight excluding hydrogens is 270 g/mol. The Labute approximate surface area is 136 Å². The Morgan fingerprint density at radius 1 is 1.32 bits per heavy atom. The van der Waals surface area contributed by atoms with Crippen LogP contribution in [-0.2, 0) is 5.41 Å². The van der Waals surface area contributed by atoms with Gasteiger partial charge in [-0.05, 0) is 63.4 Å². The average Bonchev–Trinajstić information content (AvgIpc) is 2.49. The lowest BCUT2D eigenvalue weighted by Crippen LogP contribution is -2.48. The van der Waals surface area contributed by atoms with Gasteiger partial charge in [-0.3, -0.25) is 0 Å². The Bertz CT molecular complexity index is 471. The molecule has 1 saturated heterocycles. The SMILES string of the molecule is CCCC1(c2cccc(OC(C)C)c2)CCN(CC)CC1C. The lowest BCUT2D eigenvalue weighted by atomic mass is 9.64. The summed E-state index contributed by atoms with van der Waals surface area (Å²) in [4.78, 5) is 2.59. The first-order chi connectivity index (χ1) is 10.5. The minimum atomic E-state index is 0.233. The van der Waals surface area contributed by atoms with Crippen LogP contribution in [0, 0.1) is 5.92 Å². The highest BCUT2D eigenvalue weighted by molar-refractivity contribution is 5.35. The molecule has 1 aromatic rings. The summed E-state index contributed by atoms with van der Waals surface area (Å²) in [6.45, 7) is 14.8. The first-order valence-electron chi connectivity index (χ1n) is 9.01. The molecule has 2 nitrogen and oxygen atoms in total. The molecule has 2 unspecified atom stereocenters. The number of ether oxygens (including phenoxy) is 1. The molecule has 0 aliphatic carbocycles. The van der Waals surface area contributed by atoms with Gasteiger partial charge < -0.3 is 9.64 Å². The van der Waals surface area contributed by atoms with Gasteiger partial charge in [0.25, 0.3) is 0 Å². The predicted octanol–water partition coefficient (Wildman–Crippen LogP) is 4.87. The van der Waals surface area contributed by atoms with Crippen LogP contribution < -0.4 is 4.74 Å². The van der Waals surface area contributed by atoms with E-state index >= 15 is 0 Å². The van der Waals surface area contributed by atoms with Crippen molar-refractivity contribution in [3.63, 3.8) is 0 Å². The van der Waals surface area contributed by atoms with E-state index in [0.29, 0.717) is 11.3 Å². The minimum Gasteiger partial charge on any atom is -0.491 e. The zero-order valence-electron chi connectivity index (χ0n) is 15.1. The Morgan fingerprint density at radius 3 is 2.68 bits per heavy atom. The number of hydrogen-bond acceptors (Lipinski definition) is 2. The van der Waals surface area contributed by atoms with E-state index in [9.17, 15) is 0 Å². The van der Waals surface area contributed by atoms with Gasteiger partial charge in [0.05, 0.1) is 6.10 Å². The predicted molar refractivity (Wildman–Crippen MR) is 94.7 cm³/mol. The molecule has 1 aliphatic rings. The van der Waals surface area contributed by atoms with Crippen LogP contribution in [0.4, 0.5) is 0 Å². The van der Waals surface area contributed by atoms with E-state index in [-0.39, 0.29) is 6.10 Å². The number of rotatable bonds is 6. The molecule has 0 aromatic heterocycles. The fourth-order valence-electron chi connectivity index (χ4n) is 4.09. The van der Waals surface area contributed by atoms with Crippen LogP contribution in [-0.4, -0.2) is 30.6 Å². The van der Waals surface area contributed by atoms with Crippen LogP contribution >= 0.6 is 0 Å². The summed E-state index contributed by atoms with van der Waals surface area (Å²) in [5.74, 6) is 1.71. The molecule has 1 aliphatic heterocycles. The zero-order chi connectivity index (χ0) is 16.2. The van der Waals surface area contributed by atoms with Crippen molar-refractivity contribution >= 4 is 0 Å². The standard InChI is InChI=1S/C20H33NO/c1-6-11-20(12-13-21(7-2)15-17(20)5)18-9-8-10-19(14-18)22-16(3)4/h8-10,14,16-17H,6-7,11-13,15H2,1-5H3. The Kier molecular flexibility index (Phi) is 5.91. The second kappa shape index (κ2) is 7.50. The van der Waals surface area contributed by atoms with E-state index in [1.54, 1.807) is 0 Å². The van der Waals surface area contributed by atoms with Crippen molar-refractivity contribution in [1.29, 1.82) is 0 Å². The smallest absolute Gasteiger partial charge is 0.119 e. The van der Waals surface area contributed by atoms with Crippen molar-refractivity contribution in [3.05, 3.63) is 29.8 Å². The first kappa shape index (κ1) is 17.3. The van der Waals surface area contributed by atoms with Gasteiger partial charge in [-0.15, -0.1) is 0 Å². The third-order valence-electron chi connectivity index (χ3n) is 5.27. The van der Waals surface area contributed by atoms with Gasteiger partial charge in [-0.2, -0.15) is 0 Å². The van der Waals surface area contributed by atoms with Crippen molar-refractivity contribution in [2.75, 3.05) is 19.6 Å². The third kappa shape index (κ3) is 3.65. The maximum atomic E-state index is 5.94. The molecule has 22 heavy (non-hydrogen) atoms. The molecule has 2 heteroatoms. The second-order valence-electron chi connectivity index (χ2n) is 7.14. The highest BCUT2D eigenvalue weighted by Crippen LogP contribution is 2.44. The normalized spacial score (nSPS) is 26.4. The maximum Gasteiger partial charge on any atom is 0.119 e. The molecule has 0 N–H and O–H groups in total. The maximum absolute atomic E-state index is 5.94. The van der Waals surface area contributed by atoms with Gasteiger partial charge in [0.1, 0.15) is 5.75 Å². The summed E-state index contributed by atoms with van der Waals surface area (Å²) in [5, 5.41) is 0. The highest BCUT2D eigenvalue weighted by Gasteiger charge is 2.40. The highest BCUT2D eigenvalue weighted by atomic mass is 16.5. The summed E-state index contributed by atoms with van der Waals surface area (Å²) >= 11 is 0. The molecule has 0 saturated carbocycles. The van der Waals surface area contributed by atoms with Crippen molar-refractivity contribution in [1.82, 2.24) is 4.90 Å². The van der Waals surface area contributed by atoms with E-state index in [2.05, 4.69) is 63.8 Å². The molecule has 2 atom stereocenters. The zero-order valence-corrected chi connectivity index (χ0v) is 15.1. The van der Waals surface area contributed by atoms with Crippen molar-refractivity contribution in [3.8, 4) is 5.75 Å². The quantitative estimate of drug-likeness (QED) is 0.743. The average molecular weight is 303 g/mol. The number of nitrogens with zero attached hydrogens (tertiary/aromatic N) is 1. The monoisotopic (exact) mass is 303 g/mol. The van der Waals surface area contributed by atoms with Crippen LogP contribution in [0.3, 0.4) is 0 Å². The third-order valence-corrected chi connectivity index (χ3v) is 5.27. The largest absolute Gasteiger partial charge is 0.491 e. The lowest BCUT2D eigenvalue weighted by Gasteiger charge is -2.47. The topological polar surface area (TPSA) is 12.5 Å². The number of piperidine rings is 1. The van der Waals surface area contributed by atoms with Crippen LogP contribution in [0.25, 0.3) is 0 Å². The van der Waals surface area contributed by atoms with E-state index < -0.39 is 0 Å². The molecule has 0 spiro atoms. The van der Waals surface area contributed by atoms with Gasteiger partial charge in [0, 0.05) is 12.0 Å². The summed E-state index contributed by atoms with van der Waals surface area (Å²) in [6, 6.07) is 8.88. The molecule has 2 rings (SSSR count). The van der Waals surface area contributed by atoms with Gasteiger partial charge in [0.2, 0.25) is 0 Å². The Hall–Kier alpha value is -1.02. The number of benzene rings is 1. The van der Waals surface area contributed by atoms with Crippen molar-refractivity contribution < 1.29 is 4.74 Å². The fraction of sp³-hybridized carbons (Fsp3) is 0.700. The summed E-state index contributed by atoms with van der Waals surface area (Å²) in [6.07, 6.45) is 4.01. The van der Waals surface area contributed by atoms with Gasteiger partial charge in [-0.1, -0.05) is 39.3 Å². The van der Waals surface area contributed by atoms with E-state index in [1.807, 2.05) is 0 Å². The van der Waals surface area contributed by atoms with Crippen LogP contribution in [0.5, 0.6) is 5.75 Å². The van der Waals surface area contributed by atoms with Crippen LogP contribution in [0.15, 0.2) is 24.3 Å². The number of hydrogen-bond donors (Lipinski definition) is 0. The second-order valence-corrected chi connectivity index (χ2v) is 7.14. The molecule has 124 valence electrons. The molecule has 1 fully saturated rings. The van der Waals surface area contributed by atoms with E-state index in [4.69, 9.17) is 4.74 Å². The summed E-state index contributed by atoms with van der Waals surface area (Å²) < 4.78 is 5.94. The minimum absolute atomic E-state index is 0.233.